The average Bonchev–Trinajstić information content (AvgIpc) is 1.01. The first-order valence-corrected chi connectivity index (χ1v) is 48.3. The highest BCUT2D eigenvalue weighted by molar-refractivity contribution is 9.10. The van der Waals surface area contributed by atoms with Crippen molar-refractivity contribution in [3.63, 3.8) is 0 Å². The summed E-state index contributed by atoms with van der Waals surface area (Å²) in [7, 11) is 7.37. The molecular formula is C96H114BrCl2F9N16O15. The summed E-state index contributed by atoms with van der Waals surface area (Å²) in [5.41, 5.74) is 8.82. The molecule has 3 atom stereocenters. The van der Waals surface area contributed by atoms with E-state index in [1.54, 1.807) is 39.0 Å². The number of likely N-dealkylation sites (tertiary alicyclic amines) is 7. The van der Waals surface area contributed by atoms with Crippen LogP contribution in [0.5, 0.6) is 0 Å². The van der Waals surface area contributed by atoms with Crippen molar-refractivity contribution in [2.75, 3.05) is 179 Å². The minimum Gasteiger partial charge on any atom is -0.438 e. The van der Waals surface area contributed by atoms with Crippen molar-refractivity contribution >= 4 is 128 Å². The molecule has 0 radical (unpaired) electrons. The number of fused-ring (bicyclic) bond motifs is 6. The van der Waals surface area contributed by atoms with Crippen molar-refractivity contribution in [3.8, 4) is 0 Å². The van der Waals surface area contributed by atoms with E-state index in [9.17, 15) is 82.7 Å². The van der Waals surface area contributed by atoms with E-state index in [0.717, 1.165) is 113 Å². The van der Waals surface area contributed by atoms with Gasteiger partial charge in [0.1, 0.15) is 16.8 Å². The fourth-order valence-corrected chi connectivity index (χ4v) is 21.9. The molecule has 31 nitrogen and oxygen atoms in total. The number of hydrogen-bond acceptors (Lipinski definition) is 22. The monoisotopic (exact) mass is 2050 g/mol. The van der Waals surface area contributed by atoms with Crippen molar-refractivity contribution in [1.29, 1.82) is 0 Å². The molecule has 17 rings (SSSR count). The van der Waals surface area contributed by atoms with Crippen LogP contribution in [0.4, 0.5) is 102 Å². The fraction of sp³-hybridized carbons (Fsp3) is 0.531. The van der Waals surface area contributed by atoms with E-state index < -0.39 is 136 Å². The molecule has 752 valence electrons. The van der Waals surface area contributed by atoms with Gasteiger partial charge in [0, 0.05) is 209 Å². The molecule has 6 aromatic carbocycles. The van der Waals surface area contributed by atoms with Gasteiger partial charge in [0.05, 0.1) is 60.9 Å². The fourth-order valence-electron chi connectivity index (χ4n) is 20.8. The van der Waals surface area contributed by atoms with E-state index in [4.69, 9.17) is 63.1 Å². The Kier molecular flexibility index (Phi) is 31.6. The van der Waals surface area contributed by atoms with E-state index >= 15 is 0 Å². The smallest absolute Gasteiger partial charge is 0.418 e. The second kappa shape index (κ2) is 42.8. The zero-order valence-corrected chi connectivity index (χ0v) is 80.5. The molecular weight excluding hydrogens is 1940 g/mol. The standard InChI is InChI=1S/C34H42ClF3N6O5.C32H37BrF3N5O5.C30H35ClF3N5O5/c1-39-29-25(34(36,37)38)19-22(20-26(29)35)21-28(30(45)43-11-7-23(8-12-43)42-17-15-41(2)16-18-42)48-32(47)44-13-9-33(10-14-44)24-5-3-4-6-27(24)40-31(46)49-33;33-24-18-20(17-23(27(24)37)32(34,35)36)19-26(28(42)40-13-7-21(8-14-40)39-11-3-4-12-39)45-30(44)41-15-9-31(10-16-41)22-5-1-2-6-25(22)38-29(43)46-31;1-37(2)19-7-11-38(12-8-19)26(40)24(17-18-15-21(30(32,33)34)25(35)22(31)16-18)43-28(42)39-13-9-29(10-14-39)20-5-3-4-6-23(20)36-27(41)44-29/h3-6,19-20,23,28,39H,7-18,21H2,1-2H3,(H,40,46);1-2,5-6,17-18,21,26H,3-4,7-16,19,37H2,(H,38,43);3-6,15-16,19,24H,7-14,17,35H2,1-2H3,(H,36,41)/t28-;26-;24-/m111/s1. The van der Waals surface area contributed by atoms with Crippen LogP contribution in [0.1, 0.15) is 140 Å². The van der Waals surface area contributed by atoms with Crippen LogP contribution in [-0.4, -0.2) is 286 Å². The number of carbonyl (C=O) groups excluding carboxylic acids is 9. The van der Waals surface area contributed by atoms with Crippen molar-refractivity contribution in [1.82, 2.24) is 49.0 Å². The zero-order valence-electron chi connectivity index (χ0n) is 77.4. The molecule has 0 unspecified atom stereocenters. The topological polar surface area (TPSA) is 342 Å². The van der Waals surface area contributed by atoms with Crippen LogP contribution in [0.25, 0.3) is 0 Å². The lowest BCUT2D eigenvalue weighted by molar-refractivity contribution is -0.143. The van der Waals surface area contributed by atoms with Crippen LogP contribution in [0, 0.1) is 0 Å². The summed E-state index contributed by atoms with van der Waals surface area (Å²) in [5.74, 6) is -1.39. The van der Waals surface area contributed by atoms with Crippen LogP contribution in [-0.2, 0) is 97.4 Å². The van der Waals surface area contributed by atoms with E-state index in [-0.39, 0.29) is 101 Å². The summed E-state index contributed by atoms with van der Waals surface area (Å²) < 4.78 is 159. The van der Waals surface area contributed by atoms with Crippen LogP contribution in [0.15, 0.2) is 114 Å². The molecule has 8 fully saturated rings. The summed E-state index contributed by atoms with van der Waals surface area (Å²) in [5, 5.41) is 10.1. The normalized spacial score (nSPS) is 20.5. The number of piperazine rings is 1. The summed E-state index contributed by atoms with van der Waals surface area (Å²) in [6.07, 6.45) is -14.6. The number of anilines is 6. The van der Waals surface area contributed by atoms with Gasteiger partial charge in [-0.2, -0.15) is 39.5 Å². The van der Waals surface area contributed by atoms with Gasteiger partial charge in [0.2, 0.25) is 0 Å². The predicted octanol–water partition coefficient (Wildman–Crippen LogP) is 16.1. The Morgan fingerprint density at radius 2 is 0.763 bits per heavy atom. The van der Waals surface area contributed by atoms with Gasteiger partial charge in [-0.1, -0.05) is 77.8 Å². The number of halogens is 12. The molecule has 0 aromatic heterocycles. The van der Waals surface area contributed by atoms with Gasteiger partial charge in [-0.05, 0) is 173 Å². The number of nitrogens with zero attached hydrogens (tertiary/aromatic N) is 10. The lowest BCUT2D eigenvalue weighted by atomic mass is 9.82. The van der Waals surface area contributed by atoms with Gasteiger partial charge in [0.15, 0.2) is 18.3 Å². The van der Waals surface area contributed by atoms with Crippen molar-refractivity contribution in [2.24, 2.45) is 0 Å². The first kappa shape index (κ1) is 102. The van der Waals surface area contributed by atoms with Crippen LogP contribution < -0.4 is 32.7 Å². The van der Waals surface area contributed by atoms with E-state index in [1.807, 2.05) is 62.6 Å². The molecule has 11 aliphatic rings. The van der Waals surface area contributed by atoms with Gasteiger partial charge in [-0.15, -0.1) is 0 Å². The second-order valence-electron chi connectivity index (χ2n) is 37.4. The van der Waals surface area contributed by atoms with E-state index in [0.29, 0.717) is 120 Å². The summed E-state index contributed by atoms with van der Waals surface area (Å²) >= 11 is 15.4. The number of ether oxygens (including phenoxy) is 6. The molecule has 3 spiro atoms. The largest absolute Gasteiger partial charge is 0.438 e. The number of hydrogen-bond donors (Lipinski definition) is 6. The molecule has 0 aliphatic carbocycles. The molecule has 0 bridgehead atoms. The van der Waals surface area contributed by atoms with Crippen molar-refractivity contribution in [2.45, 2.75) is 181 Å². The van der Waals surface area contributed by atoms with Crippen molar-refractivity contribution in [3.05, 3.63) is 174 Å². The number of likely N-dealkylation sites (N-methyl/N-ethyl adjacent to an activating group) is 1. The highest BCUT2D eigenvalue weighted by atomic mass is 79.9. The van der Waals surface area contributed by atoms with E-state index in [1.165, 1.54) is 39.9 Å². The molecule has 11 aliphatic heterocycles. The van der Waals surface area contributed by atoms with E-state index in [2.05, 4.69) is 63.8 Å². The number of nitrogens with two attached hydrogens (primary N) is 2. The number of carbonyl (C=O) groups is 9. The van der Waals surface area contributed by atoms with Crippen LogP contribution in [0.2, 0.25) is 10.0 Å². The third-order valence-electron chi connectivity index (χ3n) is 28.6. The lowest BCUT2D eigenvalue weighted by Crippen LogP contribution is -2.54. The van der Waals surface area contributed by atoms with Gasteiger partial charge in [0.25, 0.3) is 17.7 Å². The Balaban J connectivity index is 0.000000158. The number of para-hydroxylation sites is 3. The van der Waals surface area contributed by atoms with Gasteiger partial charge in [-0.3, -0.25) is 35.2 Å². The van der Waals surface area contributed by atoms with Crippen LogP contribution >= 0.6 is 39.1 Å². The maximum Gasteiger partial charge on any atom is 0.418 e. The first-order chi connectivity index (χ1) is 66.1. The van der Waals surface area contributed by atoms with Gasteiger partial charge >= 0.3 is 55.1 Å². The maximum atomic E-state index is 14.0. The number of nitrogens with one attached hydrogen (secondary N) is 4. The van der Waals surface area contributed by atoms with Gasteiger partial charge in [-0.25, -0.2) is 28.8 Å². The molecule has 43 heteroatoms. The highest BCUT2D eigenvalue weighted by Gasteiger charge is 2.52. The van der Waals surface area contributed by atoms with Crippen LogP contribution in [0.3, 0.4) is 0 Å². The molecule has 9 amide bonds. The number of piperidine rings is 6. The van der Waals surface area contributed by atoms with Crippen molar-refractivity contribution < 1.29 is 111 Å². The SMILES string of the molecule is CN(C)C1CCN(C(=O)[C@@H](Cc2cc(Cl)c(N)c(C(F)(F)F)c2)OC(=O)N2CCC3(CC2)OC(=O)Nc2ccccc23)CC1.CNc1c(Cl)cc(C[C@@H](OC(=O)N2CCC3(CC2)OC(=O)Nc2ccccc23)C(=O)N2CCC(N3CCN(C)CC3)CC2)cc1C(F)(F)F.Nc1c(Br)cc(C[C@@H](OC(=O)N2CCC3(CC2)OC(=O)Nc2ccccc23)C(=O)N2CCC(N3CCCC3)CC2)cc1C(F)(F)F. The number of alkyl halides is 9. The minimum absolute atomic E-state index is 0.0411. The highest BCUT2D eigenvalue weighted by Crippen LogP contribution is 2.49. The Morgan fingerprint density at radius 3 is 1.11 bits per heavy atom. The summed E-state index contributed by atoms with van der Waals surface area (Å²) in [6, 6.07) is 29.7. The molecule has 8 N–H and O–H groups in total. The number of benzene rings is 6. The Bertz CT molecular complexity index is 5510. The Hall–Kier alpha value is -11.0. The summed E-state index contributed by atoms with van der Waals surface area (Å²) in [6.45, 7) is 9.70. The quantitative estimate of drug-likeness (QED) is 0.0298. The Labute approximate surface area is 816 Å². The third-order valence-corrected chi connectivity index (χ3v) is 29.9. The second-order valence-corrected chi connectivity index (χ2v) is 39.1. The predicted molar refractivity (Wildman–Crippen MR) is 502 cm³/mol. The first-order valence-electron chi connectivity index (χ1n) is 46.8. The lowest BCUT2D eigenvalue weighted by Gasteiger charge is -2.44. The average molecular weight is 2050 g/mol. The zero-order chi connectivity index (χ0) is 99.4. The molecule has 139 heavy (non-hydrogen) atoms. The molecule has 8 saturated heterocycles. The Morgan fingerprint density at radius 1 is 0.446 bits per heavy atom. The number of nitrogen functional groups attached to an aromatic ring is 2. The minimum atomic E-state index is -4.77. The summed E-state index contributed by atoms with van der Waals surface area (Å²) in [4.78, 5) is 138. The maximum absolute atomic E-state index is 14.0. The molecule has 0 saturated carbocycles. The molecule has 11 heterocycles. The molecule has 6 aromatic rings. The number of amides is 9. The number of rotatable bonds is 16. The van der Waals surface area contributed by atoms with Gasteiger partial charge < -0.3 is 89.3 Å². The third kappa shape index (κ3) is 23.6.